The van der Waals surface area contributed by atoms with E-state index in [1.807, 2.05) is 31.0 Å². The van der Waals surface area contributed by atoms with Crippen molar-refractivity contribution in [3.05, 3.63) is 30.1 Å². The van der Waals surface area contributed by atoms with Gasteiger partial charge in [0.25, 0.3) is 0 Å². The Morgan fingerprint density at radius 2 is 2.06 bits per heavy atom. The number of alkyl halides is 1. The molecule has 1 aromatic rings. The summed E-state index contributed by atoms with van der Waals surface area (Å²) in [5.74, 6) is 0.204. The molecule has 1 heterocycles. The summed E-state index contributed by atoms with van der Waals surface area (Å²) < 4.78 is 0. The smallest absolute Gasteiger partial charge is 0.222 e. The van der Waals surface area contributed by atoms with Gasteiger partial charge in [-0.3, -0.25) is 9.78 Å². The minimum absolute atomic E-state index is 0.106. The van der Waals surface area contributed by atoms with E-state index in [1.54, 1.807) is 12.4 Å². The van der Waals surface area contributed by atoms with Gasteiger partial charge in [0.05, 0.1) is 6.04 Å². The van der Waals surface area contributed by atoms with Gasteiger partial charge in [-0.1, -0.05) is 15.9 Å². The predicted molar refractivity (Wildman–Crippen MR) is 73.1 cm³/mol. The predicted octanol–water partition coefficient (Wildman–Crippen LogP) is 3.17. The van der Waals surface area contributed by atoms with Crippen molar-refractivity contribution in [1.29, 1.82) is 0 Å². The maximum Gasteiger partial charge on any atom is 0.222 e. The van der Waals surface area contributed by atoms with Gasteiger partial charge in [-0.15, -0.1) is 0 Å². The van der Waals surface area contributed by atoms with E-state index in [2.05, 4.69) is 20.9 Å². The molecule has 0 aliphatic heterocycles. The van der Waals surface area contributed by atoms with Gasteiger partial charge in [0.1, 0.15) is 0 Å². The van der Waals surface area contributed by atoms with Gasteiger partial charge in [0, 0.05) is 31.2 Å². The van der Waals surface area contributed by atoms with Crippen molar-refractivity contribution < 1.29 is 4.79 Å². The summed E-state index contributed by atoms with van der Waals surface area (Å²) >= 11 is 3.37. The van der Waals surface area contributed by atoms with Crippen molar-refractivity contribution >= 4 is 21.8 Å². The number of amides is 1. The van der Waals surface area contributed by atoms with E-state index in [1.165, 1.54) is 0 Å². The highest BCUT2D eigenvalue weighted by Crippen LogP contribution is 2.18. The molecule has 0 fully saturated rings. The molecule has 17 heavy (non-hydrogen) atoms. The SMILES string of the molecule is CC(c1ccncc1)N(C)C(=O)CCCCBr. The molecule has 0 bridgehead atoms. The molecule has 0 saturated heterocycles. The van der Waals surface area contributed by atoms with Crippen LogP contribution in [0.15, 0.2) is 24.5 Å². The normalized spacial score (nSPS) is 12.2. The van der Waals surface area contributed by atoms with Gasteiger partial charge in [0.2, 0.25) is 5.91 Å². The van der Waals surface area contributed by atoms with Gasteiger partial charge in [-0.2, -0.15) is 0 Å². The summed E-state index contributed by atoms with van der Waals surface area (Å²) in [6.45, 7) is 2.04. The van der Waals surface area contributed by atoms with Crippen molar-refractivity contribution in [1.82, 2.24) is 9.88 Å². The van der Waals surface area contributed by atoms with E-state index in [0.29, 0.717) is 6.42 Å². The van der Waals surface area contributed by atoms with Crippen LogP contribution >= 0.6 is 15.9 Å². The molecule has 3 nitrogen and oxygen atoms in total. The zero-order chi connectivity index (χ0) is 12.7. The highest BCUT2D eigenvalue weighted by Gasteiger charge is 2.16. The van der Waals surface area contributed by atoms with Gasteiger partial charge in [0.15, 0.2) is 0 Å². The highest BCUT2D eigenvalue weighted by atomic mass is 79.9. The number of hydrogen-bond donors (Lipinski definition) is 0. The Kier molecular flexibility index (Phi) is 6.19. The summed E-state index contributed by atoms with van der Waals surface area (Å²) in [5, 5.41) is 0.962. The molecule has 0 N–H and O–H groups in total. The first-order valence-corrected chi connectivity index (χ1v) is 7.00. The molecule has 4 heteroatoms. The molecule has 1 aromatic heterocycles. The first kappa shape index (κ1) is 14.2. The molecule has 0 aliphatic rings. The number of hydrogen-bond acceptors (Lipinski definition) is 2. The second-order valence-corrected chi connectivity index (χ2v) is 4.90. The summed E-state index contributed by atoms with van der Waals surface area (Å²) in [6.07, 6.45) is 6.13. The topological polar surface area (TPSA) is 33.2 Å². The minimum Gasteiger partial charge on any atom is -0.339 e. The van der Waals surface area contributed by atoms with Crippen LogP contribution in [0.4, 0.5) is 0 Å². The Morgan fingerprint density at radius 3 is 2.65 bits per heavy atom. The maximum atomic E-state index is 11.9. The number of carbonyl (C=O) groups is 1. The molecule has 0 saturated carbocycles. The largest absolute Gasteiger partial charge is 0.339 e. The summed E-state index contributed by atoms with van der Waals surface area (Å²) in [6, 6.07) is 4.01. The third kappa shape index (κ3) is 4.46. The second-order valence-electron chi connectivity index (χ2n) is 4.11. The molecular formula is C13H19BrN2O. The third-order valence-electron chi connectivity index (χ3n) is 2.94. The first-order chi connectivity index (χ1) is 8.16. The first-order valence-electron chi connectivity index (χ1n) is 5.88. The fraction of sp³-hybridized carbons (Fsp3) is 0.538. The molecule has 1 atom stereocenters. The molecule has 1 rings (SSSR count). The van der Waals surface area contributed by atoms with Crippen LogP contribution in [0.3, 0.4) is 0 Å². The lowest BCUT2D eigenvalue weighted by atomic mass is 10.1. The van der Waals surface area contributed by atoms with Crippen molar-refractivity contribution in [2.75, 3.05) is 12.4 Å². The molecule has 0 spiro atoms. The van der Waals surface area contributed by atoms with Crippen LogP contribution in [-0.2, 0) is 4.79 Å². The molecule has 0 radical (unpaired) electrons. The van der Waals surface area contributed by atoms with Crippen LogP contribution in [-0.4, -0.2) is 28.2 Å². The summed E-state index contributed by atoms with van der Waals surface area (Å²) in [4.78, 5) is 17.7. The average Bonchev–Trinajstić information content (AvgIpc) is 2.38. The van der Waals surface area contributed by atoms with Crippen LogP contribution in [0.2, 0.25) is 0 Å². The number of aromatic nitrogens is 1. The molecule has 0 aliphatic carbocycles. The van der Waals surface area contributed by atoms with Crippen LogP contribution in [0.5, 0.6) is 0 Å². The number of unbranched alkanes of at least 4 members (excludes halogenated alkanes) is 1. The fourth-order valence-electron chi connectivity index (χ4n) is 1.63. The quantitative estimate of drug-likeness (QED) is 0.597. The van der Waals surface area contributed by atoms with Gasteiger partial charge in [-0.05, 0) is 37.5 Å². The molecular weight excluding hydrogens is 280 g/mol. The summed E-state index contributed by atoms with van der Waals surface area (Å²) in [7, 11) is 1.86. The van der Waals surface area contributed by atoms with Gasteiger partial charge < -0.3 is 4.90 Å². The Hall–Kier alpha value is -0.900. The summed E-state index contributed by atoms with van der Waals surface area (Å²) in [5.41, 5.74) is 1.12. The Labute approximate surface area is 111 Å². The Bertz CT molecular complexity index is 343. The fourth-order valence-corrected chi connectivity index (χ4v) is 2.03. The lowest BCUT2D eigenvalue weighted by Crippen LogP contribution is -2.29. The van der Waals surface area contributed by atoms with Crippen LogP contribution < -0.4 is 0 Å². The van der Waals surface area contributed by atoms with Crippen LogP contribution in [0.25, 0.3) is 0 Å². The average molecular weight is 299 g/mol. The zero-order valence-corrected chi connectivity index (χ0v) is 12.0. The van der Waals surface area contributed by atoms with Gasteiger partial charge >= 0.3 is 0 Å². The van der Waals surface area contributed by atoms with Crippen LogP contribution in [0.1, 0.15) is 37.8 Å². The number of rotatable bonds is 6. The standard InChI is InChI=1S/C13H19BrN2O/c1-11(12-6-9-15-10-7-12)16(2)13(17)5-3-4-8-14/h6-7,9-11H,3-5,8H2,1-2H3. The van der Waals surface area contributed by atoms with Crippen molar-refractivity contribution in [3.63, 3.8) is 0 Å². The van der Waals surface area contributed by atoms with Crippen LogP contribution in [0, 0.1) is 0 Å². The van der Waals surface area contributed by atoms with E-state index in [9.17, 15) is 4.79 Å². The van der Waals surface area contributed by atoms with E-state index < -0.39 is 0 Å². The number of halogens is 1. The van der Waals surface area contributed by atoms with E-state index in [4.69, 9.17) is 0 Å². The molecule has 94 valence electrons. The van der Waals surface area contributed by atoms with Gasteiger partial charge in [-0.25, -0.2) is 0 Å². The number of carbonyl (C=O) groups excluding carboxylic acids is 1. The van der Waals surface area contributed by atoms with Crippen molar-refractivity contribution in [3.8, 4) is 0 Å². The van der Waals surface area contributed by atoms with Crippen molar-refractivity contribution in [2.45, 2.75) is 32.2 Å². The third-order valence-corrected chi connectivity index (χ3v) is 3.50. The lowest BCUT2D eigenvalue weighted by molar-refractivity contribution is -0.131. The van der Waals surface area contributed by atoms with E-state index >= 15 is 0 Å². The molecule has 1 unspecified atom stereocenters. The van der Waals surface area contributed by atoms with E-state index in [-0.39, 0.29) is 11.9 Å². The molecule has 0 aromatic carbocycles. The maximum absolute atomic E-state index is 11.9. The zero-order valence-electron chi connectivity index (χ0n) is 10.4. The second kappa shape index (κ2) is 7.43. The minimum atomic E-state index is 0.106. The number of nitrogens with zero attached hydrogens (tertiary/aromatic N) is 2. The number of pyridine rings is 1. The monoisotopic (exact) mass is 298 g/mol. The Balaban J connectivity index is 2.51. The molecule has 1 amide bonds. The Morgan fingerprint density at radius 1 is 1.41 bits per heavy atom. The van der Waals surface area contributed by atoms with E-state index in [0.717, 1.165) is 23.7 Å². The highest BCUT2D eigenvalue weighted by molar-refractivity contribution is 9.09. The van der Waals surface area contributed by atoms with Crippen molar-refractivity contribution in [2.24, 2.45) is 0 Å². The lowest BCUT2D eigenvalue weighted by Gasteiger charge is -2.25.